The first-order chi connectivity index (χ1) is 13.1. The SMILES string of the molecule is C=CCN1CCC(NC(=NCCCNC(=O)c2occc2C)NCC)CC1. The molecule has 27 heavy (non-hydrogen) atoms. The molecular formula is C20H33N5O2. The lowest BCUT2D eigenvalue weighted by Crippen LogP contribution is -2.48. The smallest absolute Gasteiger partial charge is 0.287 e. The Morgan fingerprint density at radius 1 is 1.41 bits per heavy atom. The molecule has 0 aliphatic carbocycles. The van der Waals surface area contributed by atoms with Gasteiger partial charge in [-0.15, -0.1) is 6.58 Å². The predicted octanol–water partition coefficient (Wildman–Crippen LogP) is 1.91. The molecule has 1 fully saturated rings. The molecule has 2 heterocycles. The molecule has 1 aliphatic rings. The minimum Gasteiger partial charge on any atom is -0.459 e. The van der Waals surface area contributed by atoms with Crippen molar-refractivity contribution in [2.45, 2.75) is 39.2 Å². The molecule has 0 saturated carbocycles. The molecule has 7 nitrogen and oxygen atoms in total. The summed E-state index contributed by atoms with van der Waals surface area (Å²) in [5, 5.41) is 9.71. The molecule has 7 heteroatoms. The van der Waals surface area contributed by atoms with Crippen LogP contribution in [0.2, 0.25) is 0 Å². The van der Waals surface area contributed by atoms with E-state index in [1.807, 2.05) is 13.0 Å². The summed E-state index contributed by atoms with van der Waals surface area (Å²) in [5.74, 6) is 1.07. The van der Waals surface area contributed by atoms with Crippen molar-refractivity contribution in [3.05, 3.63) is 36.3 Å². The summed E-state index contributed by atoms with van der Waals surface area (Å²) in [7, 11) is 0. The van der Waals surface area contributed by atoms with E-state index in [0.717, 1.165) is 57.0 Å². The van der Waals surface area contributed by atoms with Crippen molar-refractivity contribution >= 4 is 11.9 Å². The first kappa shape index (κ1) is 21.0. The van der Waals surface area contributed by atoms with E-state index in [0.29, 0.717) is 24.9 Å². The van der Waals surface area contributed by atoms with E-state index in [9.17, 15) is 4.79 Å². The Bertz CT molecular complexity index is 618. The number of aryl methyl sites for hydroxylation is 1. The van der Waals surface area contributed by atoms with Crippen LogP contribution < -0.4 is 16.0 Å². The number of aliphatic imine (C=N–C) groups is 1. The van der Waals surface area contributed by atoms with Crippen LogP contribution >= 0.6 is 0 Å². The van der Waals surface area contributed by atoms with Crippen LogP contribution in [0, 0.1) is 6.92 Å². The van der Waals surface area contributed by atoms with Gasteiger partial charge < -0.3 is 20.4 Å². The number of furan rings is 1. The maximum Gasteiger partial charge on any atom is 0.287 e. The number of piperidine rings is 1. The maximum atomic E-state index is 12.0. The first-order valence-electron chi connectivity index (χ1n) is 9.84. The average Bonchev–Trinajstić information content (AvgIpc) is 3.09. The Labute approximate surface area is 162 Å². The highest BCUT2D eigenvalue weighted by molar-refractivity contribution is 5.92. The van der Waals surface area contributed by atoms with Gasteiger partial charge in [0.15, 0.2) is 11.7 Å². The lowest BCUT2D eigenvalue weighted by molar-refractivity contribution is 0.0925. The molecule has 1 aromatic rings. The molecule has 0 radical (unpaired) electrons. The van der Waals surface area contributed by atoms with Crippen LogP contribution in [0.5, 0.6) is 0 Å². The van der Waals surface area contributed by atoms with Crippen molar-refractivity contribution < 1.29 is 9.21 Å². The Kier molecular flexibility index (Phi) is 8.91. The van der Waals surface area contributed by atoms with E-state index in [2.05, 4.69) is 39.3 Å². The van der Waals surface area contributed by atoms with Crippen LogP contribution in [-0.2, 0) is 0 Å². The van der Waals surface area contributed by atoms with Crippen LogP contribution in [0.25, 0.3) is 0 Å². The fraction of sp³-hybridized carbons (Fsp3) is 0.600. The second-order valence-corrected chi connectivity index (χ2v) is 6.81. The van der Waals surface area contributed by atoms with Gasteiger partial charge in [-0.05, 0) is 39.2 Å². The highest BCUT2D eigenvalue weighted by Crippen LogP contribution is 2.10. The molecule has 1 saturated heterocycles. The summed E-state index contributed by atoms with van der Waals surface area (Å²) in [6.07, 6.45) is 6.49. The van der Waals surface area contributed by atoms with Gasteiger partial charge in [-0.25, -0.2) is 0 Å². The van der Waals surface area contributed by atoms with Crippen molar-refractivity contribution in [2.75, 3.05) is 39.3 Å². The highest BCUT2D eigenvalue weighted by Gasteiger charge is 2.19. The quantitative estimate of drug-likeness (QED) is 0.266. The maximum absolute atomic E-state index is 12.0. The largest absolute Gasteiger partial charge is 0.459 e. The van der Waals surface area contributed by atoms with Gasteiger partial charge in [0.2, 0.25) is 0 Å². The third-order valence-electron chi connectivity index (χ3n) is 4.62. The summed E-state index contributed by atoms with van der Waals surface area (Å²) < 4.78 is 5.19. The molecule has 2 rings (SSSR count). The third-order valence-corrected chi connectivity index (χ3v) is 4.62. The van der Waals surface area contributed by atoms with Crippen molar-refractivity contribution in [2.24, 2.45) is 4.99 Å². The molecule has 1 amide bonds. The van der Waals surface area contributed by atoms with Crippen molar-refractivity contribution in [3.63, 3.8) is 0 Å². The highest BCUT2D eigenvalue weighted by atomic mass is 16.3. The second-order valence-electron chi connectivity index (χ2n) is 6.81. The zero-order valence-electron chi connectivity index (χ0n) is 16.6. The van der Waals surface area contributed by atoms with Gasteiger partial charge in [0.25, 0.3) is 5.91 Å². The van der Waals surface area contributed by atoms with E-state index in [4.69, 9.17) is 4.42 Å². The molecule has 1 aromatic heterocycles. The van der Waals surface area contributed by atoms with Gasteiger partial charge in [-0.1, -0.05) is 6.08 Å². The number of nitrogens with zero attached hydrogens (tertiary/aromatic N) is 2. The van der Waals surface area contributed by atoms with Crippen molar-refractivity contribution in [1.29, 1.82) is 0 Å². The Balaban J connectivity index is 1.69. The molecule has 150 valence electrons. The van der Waals surface area contributed by atoms with Gasteiger partial charge in [0, 0.05) is 50.9 Å². The standard InChI is InChI=1S/C20H33N5O2/c1-4-12-25-13-7-17(8-14-25)24-20(21-5-2)23-11-6-10-22-19(26)18-16(3)9-15-27-18/h4,9,15,17H,1,5-8,10-14H2,2-3H3,(H,22,26)(H2,21,23,24). The Morgan fingerprint density at radius 2 is 2.19 bits per heavy atom. The Morgan fingerprint density at radius 3 is 2.81 bits per heavy atom. The number of carbonyl (C=O) groups excluding carboxylic acids is 1. The third kappa shape index (κ3) is 7.09. The number of rotatable bonds is 9. The number of guanidine groups is 1. The average molecular weight is 376 g/mol. The number of hydrogen-bond donors (Lipinski definition) is 3. The van der Waals surface area contributed by atoms with E-state index in [1.165, 1.54) is 6.26 Å². The molecule has 0 spiro atoms. The second kappa shape index (κ2) is 11.4. The van der Waals surface area contributed by atoms with Crippen LogP contribution in [0.3, 0.4) is 0 Å². The number of hydrogen-bond acceptors (Lipinski definition) is 4. The van der Waals surface area contributed by atoms with Crippen LogP contribution in [0.1, 0.15) is 42.3 Å². The number of likely N-dealkylation sites (tertiary alicyclic amines) is 1. The Hall–Kier alpha value is -2.28. The topological polar surface area (TPSA) is 81.9 Å². The summed E-state index contributed by atoms with van der Waals surface area (Å²) in [5.41, 5.74) is 0.850. The van der Waals surface area contributed by atoms with E-state index in [-0.39, 0.29) is 5.91 Å². The van der Waals surface area contributed by atoms with Gasteiger partial charge in [-0.2, -0.15) is 0 Å². The lowest BCUT2D eigenvalue weighted by Gasteiger charge is -2.32. The van der Waals surface area contributed by atoms with E-state index in [1.54, 1.807) is 6.07 Å². The molecule has 0 aromatic carbocycles. The summed E-state index contributed by atoms with van der Waals surface area (Å²) in [6, 6.07) is 2.24. The van der Waals surface area contributed by atoms with Gasteiger partial charge >= 0.3 is 0 Å². The van der Waals surface area contributed by atoms with Crippen LogP contribution in [0.15, 0.2) is 34.4 Å². The van der Waals surface area contributed by atoms with E-state index < -0.39 is 0 Å². The summed E-state index contributed by atoms with van der Waals surface area (Å²) in [6.45, 7) is 12.9. The molecule has 3 N–H and O–H groups in total. The monoisotopic (exact) mass is 375 g/mol. The number of carbonyl (C=O) groups is 1. The van der Waals surface area contributed by atoms with Crippen LogP contribution in [-0.4, -0.2) is 62.1 Å². The molecule has 0 unspecified atom stereocenters. The van der Waals surface area contributed by atoms with E-state index >= 15 is 0 Å². The minimum absolute atomic E-state index is 0.169. The number of amides is 1. The fourth-order valence-electron chi connectivity index (χ4n) is 3.11. The minimum atomic E-state index is -0.169. The summed E-state index contributed by atoms with van der Waals surface area (Å²) >= 11 is 0. The zero-order chi connectivity index (χ0) is 19.5. The molecule has 0 atom stereocenters. The van der Waals surface area contributed by atoms with Crippen LogP contribution in [0.4, 0.5) is 0 Å². The van der Waals surface area contributed by atoms with Crippen molar-refractivity contribution in [1.82, 2.24) is 20.9 Å². The van der Waals surface area contributed by atoms with Crippen molar-refractivity contribution in [3.8, 4) is 0 Å². The van der Waals surface area contributed by atoms with Gasteiger partial charge in [-0.3, -0.25) is 14.7 Å². The zero-order valence-corrected chi connectivity index (χ0v) is 16.6. The predicted molar refractivity (Wildman–Crippen MR) is 109 cm³/mol. The lowest BCUT2D eigenvalue weighted by atomic mass is 10.1. The molecule has 0 bridgehead atoms. The summed E-state index contributed by atoms with van der Waals surface area (Å²) in [4.78, 5) is 19.0. The number of nitrogens with one attached hydrogen (secondary N) is 3. The molecular weight excluding hydrogens is 342 g/mol. The molecule has 1 aliphatic heterocycles. The normalized spacial score (nSPS) is 16.1. The fourth-order valence-corrected chi connectivity index (χ4v) is 3.11. The van der Waals surface area contributed by atoms with Gasteiger partial charge in [0.05, 0.1) is 6.26 Å². The van der Waals surface area contributed by atoms with Gasteiger partial charge in [0.1, 0.15) is 0 Å². The first-order valence-corrected chi connectivity index (χ1v) is 9.84.